The molecule has 3 rings (SSSR count). The Morgan fingerprint density at radius 2 is 1.57 bits per heavy atom. The van der Waals surface area contributed by atoms with Crippen LogP contribution in [0.5, 0.6) is 5.75 Å². The van der Waals surface area contributed by atoms with E-state index in [0.717, 1.165) is 20.0 Å². The Bertz CT molecular complexity index is 785. The van der Waals surface area contributed by atoms with Gasteiger partial charge in [0.2, 0.25) is 0 Å². The summed E-state index contributed by atoms with van der Waals surface area (Å²) in [4.78, 5) is 0. The summed E-state index contributed by atoms with van der Waals surface area (Å²) in [6.07, 6.45) is 1.06. The Morgan fingerprint density at radius 3 is 2.35 bits per heavy atom. The fraction of sp³-hybridized carbons (Fsp3) is 0.100. The van der Waals surface area contributed by atoms with Crippen LogP contribution in [0, 0.1) is 6.92 Å². The summed E-state index contributed by atoms with van der Waals surface area (Å²) in [5.41, 5.74) is 2.70. The first-order chi connectivity index (χ1) is 11.2. The summed E-state index contributed by atoms with van der Waals surface area (Å²) in [5, 5.41) is 13.9. The largest absolute Gasteiger partial charge is 0.507 e. The smallest absolute Gasteiger partial charge is 0.123 e. The lowest BCUT2D eigenvalue weighted by atomic mass is 10.1. The zero-order valence-corrected chi connectivity index (χ0v) is 15.1. The van der Waals surface area contributed by atoms with E-state index in [1.54, 1.807) is 6.07 Å². The van der Waals surface area contributed by atoms with Crippen molar-refractivity contribution in [2.45, 2.75) is 13.1 Å². The average molecular weight is 338 g/mol. The standard InChI is InChI=1S/C20H20OP2/c1-15-8-7-9-16(14-22-17-10-3-2-4-11-17)20(15)23-19-13-6-5-12-18(19)21/h2-13,21-23H,14H2,1H3. The van der Waals surface area contributed by atoms with Gasteiger partial charge in [-0.3, -0.25) is 0 Å². The molecule has 0 heterocycles. The first-order valence-electron chi connectivity index (χ1n) is 7.66. The van der Waals surface area contributed by atoms with Gasteiger partial charge in [0.15, 0.2) is 0 Å². The minimum absolute atomic E-state index is 0.394. The predicted octanol–water partition coefficient (Wildman–Crippen LogP) is 3.83. The maximum absolute atomic E-state index is 10.1. The van der Waals surface area contributed by atoms with Crippen molar-refractivity contribution in [3.63, 3.8) is 0 Å². The number of aryl methyl sites for hydroxylation is 1. The van der Waals surface area contributed by atoms with E-state index >= 15 is 0 Å². The van der Waals surface area contributed by atoms with Crippen molar-refractivity contribution < 1.29 is 5.11 Å². The number of benzene rings is 3. The third-order valence-corrected chi connectivity index (χ3v) is 6.74. The second-order valence-electron chi connectivity index (χ2n) is 5.47. The van der Waals surface area contributed by atoms with Crippen LogP contribution in [0.1, 0.15) is 11.1 Å². The average Bonchev–Trinajstić information content (AvgIpc) is 2.58. The van der Waals surface area contributed by atoms with Crippen LogP contribution in [0.4, 0.5) is 0 Å². The van der Waals surface area contributed by atoms with Crippen LogP contribution >= 0.6 is 17.2 Å². The molecule has 0 fully saturated rings. The van der Waals surface area contributed by atoms with E-state index in [1.165, 1.54) is 21.7 Å². The molecule has 0 aliphatic rings. The van der Waals surface area contributed by atoms with E-state index in [4.69, 9.17) is 0 Å². The minimum atomic E-state index is 0.394. The molecule has 3 heteroatoms. The monoisotopic (exact) mass is 338 g/mol. The predicted molar refractivity (Wildman–Crippen MR) is 105 cm³/mol. The molecule has 1 nitrogen and oxygen atoms in total. The maximum Gasteiger partial charge on any atom is 0.123 e. The van der Waals surface area contributed by atoms with Crippen molar-refractivity contribution in [1.82, 2.24) is 0 Å². The molecule has 0 amide bonds. The van der Waals surface area contributed by atoms with Gasteiger partial charge in [-0.05, 0) is 40.9 Å². The van der Waals surface area contributed by atoms with Crippen LogP contribution < -0.4 is 15.9 Å². The summed E-state index contributed by atoms with van der Waals surface area (Å²) in [7, 11) is 1.27. The van der Waals surface area contributed by atoms with Gasteiger partial charge in [-0.15, -0.1) is 0 Å². The Kier molecular flexibility index (Phi) is 5.44. The van der Waals surface area contributed by atoms with Gasteiger partial charge >= 0.3 is 0 Å². The molecule has 0 saturated heterocycles. The van der Waals surface area contributed by atoms with Crippen molar-refractivity contribution in [3.05, 3.63) is 83.9 Å². The van der Waals surface area contributed by atoms with Crippen molar-refractivity contribution in [2.24, 2.45) is 0 Å². The molecule has 0 spiro atoms. The second-order valence-corrected chi connectivity index (χ2v) is 8.04. The van der Waals surface area contributed by atoms with Gasteiger partial charge in [0.25, 0.3) is 0 Å². The van der Waals surface area contributed by atoms with Crippen LogP contribution in [0.3, 0.4) is 0 Å². The quantitative estimate of drug-likeness (QED) is 0.701. The molecule has 0 saturated carbocycles. The molecule has 3 aromatic carbocycles. The van der Waals surface area contributed by atoms with Crippen molar-refractivity contribution in [1.29, 1.82) is 0 Å². The molecule has 0 bridgehead atoms. The van der Waals surface area contributed by atoms with E-state index in [2.05, 4.69) is 55.5 Å². The Morgan fingerprint density at radius 1 is 0.826 bits per heavy atom. The number of hydrogen-bond acceptors (Lipinski definition) is 1. The second kappa shape index (κ2) is 7.73. The molecular weight excluding hydrogens is 318 g/mol. The zero-order valence-electron chi connectivity index (χ0n) is 13.1. The molecule has 0 aliphatic carbocycles. The van der Waals surface area contributed by atoms with Gasteiger partial charge in [0.05, 0.1) is 0 Å². The van der Waals surface area contributed by atoms with Gasteiger partial charge in [-0.1, -0.05) is 83.9 Å². The van der Waals surface area contributed by atoms with Crippen LogP contribution in [0.25, 0.3) is 0 Å². The Balaban J connectivity index is 1.84. The van der Waals surface area contributed by atoms with Gasteiger partial charge in [-0.25, -0.2) is 0 Å². The summed E-state index contributed by atoms with van der Waals surface area (Å²) < 4.78 is 0. The maximum atomic E-state index is 10.1. The molecule has 23 heavy (non-hydrogen) atoms. The first kappa shape index (κ1) is 16.2. The van der Waals surface area contributed by atoms with E-state index in [-0.39, 0.29) is 0 Å². The number of phenols is 1. The van der Waals surface area contributed by atoms with Crippen LogP contribution in [0.15, 0.2) is 72.8 Å². The number of phenolic OH excluding ortho intramolecular Hbond substituents is 1. The van der Waals surface area contributed by atoms with Crippen LogP contribution in [0.2, 0.25) is 0 Å². The van der Waals surface area contributed by atoms with Crippen LogP contribution in [-0.4, -0.2) is 5.11 Å². The van der Waals surface area contributed by atoms with Crippen molar-refractivity contribution >= 4 is 33.1 Å². The Labute approximate surface area is 141 Å². The van der Waals surface area contributed by atoms with E-state index in [9.17, 15) is 5.11 Å². The topological polar surface area (TPSA) is 20.2 Å². The lowest BCUT2D eigenvalue weighted by Crippen LogP contribution is -2.12. The molecule has 3 aromatic rings. The molecule has 0 aromatic heterocycles. The van der Waals surface area contributed by atoms with Gasteiger partial charge in [-0.2, -0.15) is 0 Å². The third-order valence-electron chi connectivity index (χ3n) is 3.78. The summed E-state index contributed by atoms with van der Waals surface area (Å²) in [6.45, 7) is 2.16. The fourth-order valence-electron chi connectivity index (χ4n) is 2.52. The highest BCUT2D eigenvalue weighted by atomic mass is 31.1. The fourth-order valence-corrected chi connectivity index (χ4v) is 5.09. The third kappa shape index (κ3) is 4.20. The summed E-state index contributed by atoms with van der Waals surface area (Å²) >= 11 is 0. The Hall–Kier alpha value is -1.68. The summed E-state index contributed by atoms with van der Waals surface area (Å²) in [5.74, 6) is 0.394. The lowest BCUT2D eigenvalue weighted by Gasteiger charge is -2.14. The SMILES string of the molecule is Cc1cccc(CPc2ccccc2)c1Pc1ccccc1O. The van der Waals surface area contributed by atoms with E-state index < -0.39 is 0 Å². The van der Waals surface area contributed by atoms with Crippen molar-refractivity contribution in [3.8, 4) is 5.75 Å². The minimum Gasteiger partial charge on any atom is -0.507 e. The molecule has 0 radical (unpaired) electrons. The summed E-state index contributed by atoms with van der Waals surface area (Å²) in [6, 6.07) is 24.8. The highest BCUT2D eigenvalue weighted by molar-refractivity contribution is 7.56. The molecule has 0 aliphatic heterocycles. The molecule has 2 unspecified atom stereocenters. The highest BCUT2D eigenvalue weighted by Crippen LogP contribution is 2.25. The number of para-hydroxylation sites is 1. The number of aromatic hydroxyl groups is 1. The van der Waals surface area contributed by atoms with Crippen LogP contribution in [-0.2, 0) is 6.16 Å². The number of hydrogen-bond donors (Lipinski definition) is 1. The number of rotatable bonds is 5. The van der Waals surface area contributed by atoms with Gasteiger partial charge in [0, 0.05) is 5.30 Å². The molecular formula is C20H20OP2. The molecule has 1 N–H and O–H groups in total. The van der Waals surface area contributed by atoms with Crippen molar-refractivity contribution in [2.75, 3.05) is 0 Å². The highest BCUT2D eigenvalue weighted by Gasteiger charge is 2.09. The zero-order chi connectivity index (χ0) is 16.1. The van der Waals surface area contributed by atoms with Gasteiger partial charge < -0.3 is 5.11 Å². The lowest BCUT2D eigenvalue weighted by molar-refractivity contribution is 0.480. The van der Waals surface area contributed by atoms with Gasteiger partial charge in [0.1, 0.15) is 5.75 Å². The first-order valence-corrected chi connectivity index (χ1v) is 9.87. The normalized spacial score (nSPS) is 11.7. The molecule has 116 valence electrons. The molecule has 2 atom stereocenters. The van der Waals surface area contributed by atoms with E-state index in [0.29, 0.717) is 14.3 Å². The van der Waals surface area contributed by atoms with E-state index in [1.807, 2.05) is 18.2 Å².